The number of amides is 2. The van der Waals surface area contributed by atoms with E-state index in [2.05, 4.69) is 0 Å². The molecule has 8 aromatic carbocycles. The maximum atomic E-state index is 15.3. The lowest BCUT2D eigenvalue weighted by molar-refractivity contribution is -0.293. The second-order valence-electron chi connectivity index (χ2n) is 20.6. The van der Waals surface area contributed by atoms with Gasteiger partial charge in [-0.15, -0.1) is 0 Å². The van der Waals surface area contributed by atoms with Crippen LogP contribution >= 0.6 is 11.8 Å². The van der Waals surface area contributed by atoms with Crippen molar-refractivity contribution in [3.8, 4) is 0 Å². The summed E-state index contributed by atoms with van der Waals surface area (Å²) in [6, 6.07) is 70.2. The Morgan fingerprint density at radius 3 is 1.40 bits per heavy atom. The van der Waals surface area contributed by atoms with Gasteiger partial charge in [-0.25, -0.2) is 4.79 Å². The van der Waals surface area contributed by atoms with Crippen LogP contribution < -0.4 is 0 Å². The van der Waals surface area contributed by atoms with Crippen LogP contribution in [0, 0.1) is 0 Å². The molecule has 3 aliphatic heterocycles. The Labute approximate surface area is 493 Å². The van der Waals surface area contributed by atoms with Crippen LogP contribution in [0.2, 0.25) is 0 Å². The lowest BCUT2D eigenvalue weighted by atomic mass is 9.95. The first-order valence-electron chi connectivity index (χ1n) is 28.1. The summed E-state index contributed by atoms with van der Waals surface area (Å²) in [6.45, 7) is 0.655. The molecule has 84 heavy (non-hydrogen) atoms. The number of carbonyl (C=O) groups excluding carboxylic acids is 3. The van der Waals surface area contributed by atoms with Crippen LogP contribution in [0.1, 0.15) is 64.5 Å². The molecule has 0 radical (unpaired) electrons. The highest BCUT2D eigenvalue weighted by atomic mass is 32.2. The fraction of sp³-hybridized carbons (Fsp3) is 0.261. The van der Waals surface area contributed by atoms with Crippen LogP contribution in [0.15, 0.2) is 235 Å². The number of thioether (sulfide) groups is 1. The van der Waals surface area contributed by atoms with Crippen molar-refractivity contribution in [2.75, 3.05) is 13.2 Å². The number of aliphatic hydroxyl groups is 1. The average molecular weight is 1150 g/mol. The SMILES string of the molecule is O=C(O[C@@H]1[C@@H](OCc2ccccc2)[C@H](OCc2ccccc2)[C@@H](COCc2ccccc2)O[C@H]1Sc1ccccc1)c1ccccc1CO[C@H]1[C@H](O)[C@@H](COCc2ccccc2)O[C@@H](OCc2ccccc2)[C@@H]1N1C(=O)c2ccccc2C1=O. The maximum Gasteiger partial charge on any atom is 0.338 e. The summed E-state index contributed by atoms with van der Waals surface area (Å²) in [5.41, 5.74) is 4.60. The third kappa shape index (κ3) is 14.5. The number of carbonyl (C=O) groups is 3. The molecule has 2 saturated heterocycles. The Kier molecular flexibility index (Phi) is 19.9. The Bertz CT molecular complexity index is 3330. The summed E-state index contributed by atoms with van der Waals surface area (Å²) in [5.74, 6) is -1.91. The molecule has 3 heterocycles. The molecule has 10 atom stereocenters. The van der Waals surface area contributed by atoms with Crippen molar-refractivity contribution < 1.29 is 62.1 Å². The van der Waals surface area contributed by atoms with Gasteiger partial charge in [0.25, 0.3) is 11.8 Å². The first-order valence-corrected chi connectivity index (χ1v) is 29.0. The van der Waals surface area contributed by atoms with Gasteiger partial charge in [0, 0.05) is 4.90 Å². The van der Waals surface area contributed by atoms with Gasteiger partial charge in [0.15, 0.2) is 12.4 Å². The molecule has 0 aliphatic carbocycles. The van der Waals surface area contributed by atoms with E-state index in [0.29, 0.717) is 12.2 Å². The number of hydrogen-bond acceptors (Lipinski definition) is 14. The van der Waals surface area contributed by atoms with Crippen molar-refractivity contribution in [3.63, 3.8) is 0 Å². The summed E-state index contributed by atoms with van der Waals surface area (Å²) >= 11 is 1.40. The average Bonchev–Trinajstić information content (AvgIpc) is 2.30. The van der Waals surface area contributed by atoms with E-state index >= 15 is 4.79 Å². The van der Waals surface area contributed by atoms with E-state index in [1.54, 1.807) is 48.5 Å². The first kappa shape index (κ1) is 58.1. The predicted molar refractivity (Wildman–Crippen MR) is 314 cm³/mol. The fourth-order valence-electron chi connectivity index (χ4n) is 10.6. The van der Waals surface area contributed by atoms with Crippen LogP contribution in [0.5, 0.6) is 0 Å². The fourth-order valence-corrected chi connectivity index (χ4v) is 11.7. The van der Waals surface area contributed by atoms with Gasteiger partial charge in [0.2, 0.25) is 0 Å². The summed E-state index contributed by atoms with van der Waals surface area (Å²) in [4.78, 5) is 46.3. The Hall–Kier alpha value is -7.64. The molecule has 14 nitrogen and oxygen atoms in total. The van der Waals surface area contributed by atoms with Gasteiger partial charge in [-0.1, -0.05) is 212 Å². The number of benzene rings is 8. The number of fused-ring (bicyclic) bond motifs is 1. The van der Waals surface area contributed by atoms with Crippen molar-refractivity contribution in [2.24, 2.45) is 0 Å². The zero-order valence-electron chi connectivity index (χ0n) is 46.1. The standard InChI is InChI=1S/C69H65NO13S/c71-60-57(45-75-39-47-23-7-1-8-24-47)81-68(80-43-51-31-15-5-16-32-51)59(70-65(72)55-37-21-22-38-56(55)66(70)73)62(60)79-44-52-33-19-20-36-54(52)67(74)83-64-63(78-42-50-29-13-4-14-30-50)61(77-41-49-27-11-3-12-28-49)58(46-76-40-48-25-9-2-10-26-48)82-69(64)84-53-34-17-6-18-35-53/h1-38,57-64,68-69,71H,39-46H2/t57-,58-,59-,60-,61-,62-,63+,64-,68-,69+/m1/s1. The molecule has 0 aromatic heterocycles. The summed E-state index contributed by atoms with van der Waals surface area (Å²) in [6.07, 6.45) is -8.69. The number of imide groups is 1. The van der Waals surface area contributed by atoms with E-state index < -0.39 is 78.3 Å². The Balaban J connectivity index is 0.915. The van der Waals surface area contributed by atoms with Crippen LogP contribution in [-0.2, 0) is 82.3 Å². The van der Waals surface area contributed by atoms with Crippen molar-refractivity contribution in [2.45, 2.75) is 105 Å². The van der Waals surface area contributed by atoms with Gasteiger partial charge in [0.1, 0.15) is 48.1 Å². The van der Waals surface area contributed by atoms with Gasteiger partial charge < -0.3 is 47.7 Å². The molecular weight excluding hydrogens is 1080 g/mol. The Morgan fingerprint density at radius 2 is 0.869 bits per heavy atom. The highest BCUT2D eigenvalue weighted by molar-refractivity contribution is 7.99. The number of aliphatic hydroxyl groups excluding tert-OH is 1. The number of ether oxygens (including phenoxy) is 9. The third-order valence-corrected chi connectivity index (χ3v) is 16.0. The zero-order chi connectivity index (χ0) is 57.5. The van der Waals surface area contributed by atoms with Gasteiger partial charge >= 0.3 is 5.97 Å². The highest BCUT2D eigenvalue weighted by Gasteiger charge is 2.55. The molecule has 0 spiro atoms. The molecule has 2 fully saturated rings. The number of esters is 1. The lowest BCUT2D eigenvalue weighted by Gasteiger charge is -2.47. The predicted octanol–water partition coefficient (Wildman–Crippen LogP) is 11.2. The van der Waals surface area contributed by atoms with E-state index in [1.807, 2.05) is 182 Å². The molecule has 2 amide bonds. The molecule has 0 bridgehead atoms. The zero-order valence-corrected chi connectivity index (χ0v) is 46.9. The van der Waals surface area contributed by atoms with Crippen LogP contribution in [-0.4, -0.2) is 101 Å². The minimum atomic E-state index is -1.49. The molecule has 0 unspecified atom stereocenters. The molecule has 430 valence electrons. The minimum Gasteiger partial charge on any atom is -0.452 e. The molecule has 1 N–H and O–H groups in total. The van der Waals surface area contributed by atoms with Crippen LogP contribution in [0.3, 0.4) is 0 Å². The Morgan fingerprint density at radius 1 is 0.440 bits per heavy atom. The van der Waals surface area contributed by atoms with Crippen molar-refractivity contribution in [1.29, 1.82) is 0 Å². The monoisotopic (exact) mass is 1150 g/mol. The topological polar surface area (TPSA) is 158 Å². The first-order chi connectivity index (χ1) is 41.3. The third-order valence-electron chi connectivity index (χ3n) is 14.9. The molecule has 11 rings (SSSR count). The quantitative estimate of drug-likeness (QED) is 0.0426. The maximum absolute atomic E-state index is 15.3. The van der Waals surface area contributed by atoms with Crippen molar-refractivity contribution >= 4 is 29.5 Å². The van der Waals surface area contributed by atoms with Crippen molar-refractivity contribution in [3.05, 3.63) is 281 Å². The molecule has 8 aromatic rings. The lowest BCUT2D eigenvalue weighted by Crippen LogP contribution is -2.66. The van der Waals surface area contributed by atoms with Gasteiger partial charge in [-0.05, 0) is 63.7 Å². The smallest absolute Gasteiger partial charge is 0.338 e. The number of hydrogen-bond donors (Lipinski definition) is 1. The van der Waals surface area contributed by atoms with Gasteiger partial charge in [-0.3, -0.25) is 14.5 Å². The number of rotatable bonds is 25. The summed E-state index contributed by atoms with van der Waals surface area (Å²) < 4.78 is 60.2. The summed E-state index contributed by atoms with van der Waals surface area (Å²) in [5, 5.41) is 12.5. The molecular formula is C69H65NO13S. The van der Waals surface area contributed by atoms with E-state index in [4.69, 9.17) is 42.6 Å². The van der Waals surface area contributed by atoms with E-state index in [0.717, 1.165) is 37.6 Å². The molecule has 0 saturated carbocycles. The normalized spacial score (nSPS) is 23.0. The van der Waals surface area contributed by atoms with E-state index in [-0.39, 0.29) is 62.9 Å². The summed E-state index contributed by atoms with van der Waals surface area (Å²) in [7, 11) is 0. The molecule has 3 aliphatic rings. The van der Waals surface area contributed by atoms with Gasteiger partial charge in [-0.2, -0.15) is 0 Å². The van der Waals surface area contributed by atoms with E-state index in [1.165, 1.54) is 11.8 Å². The second kappa shape index (κ2) is 28.8. The van der Waals surface area contributed by atoms with Gasteiger partial charge in [0.05, 0.1) is 69.5 Å². The van der Waals surface area contributed by atoms with E-state index in [9.17, 15) is 14.7 Å². The van der Waals surface area contributed by atoms with Crippen molar-refractivity contribution in [1.82, 2.24) is 4.90 Å². The largest absolute Gasteiger partial charge is 0.452 e. The van der Waals surface area contributed by atoms with Crippen LogP contribution in [0.4, 0.5) is 0 Å². The van der Waals surface area contributed by atoms with Crippen LogP contribution in [0.25, 0.3) is 0 Å². The minimum absolute atomic E-state index is 0.0321. The molecule has 15 heteroatoms. The number of nitrogens with zero attached hydrogens (tertiary/aromatic N) is 1. The second-order valence-corrected chi connectivity index (χ2v) is 21.8. The highest BCUT2D eigenvalue weighted by Crippen LogP contribution is 2.40.